The van der Waals surface area contributed by atoms with Crippen molar-refractivity contribution >= 4 is 29.0 Å². The van der Waals surface area contributed by atoms with Gasteiger partial charge in [-0.1, -0.05) is 18.2 Å². The minimum atomic E-state index is -0.106. The number of hydrogen-bond acceptors (Lipinski definition) is 6. The van der Waals surface area contributed by atoms with Crippen LogP contribution in [-0.2, 0) is 17.8 Å². The number of halogens is 1. The first-order valence-electron chi connectivity index (χ1n) is 9.44. The maximum absolute atomic E-state index is 12.0. The van der Waals surface area contributed by atoms with Gasteiger partial charge < -0.3 is 15.0 Å². The number of aryl methyl sites for hydroxylation is 1. The number of fused-ring (bicyclic) bond motifs is 1. The van der Waals surface area contributed by atoms with Crippen LogP contribution in [0.15, 0.2) is 55.5 Å². The smallest absolute Gasteiger partial charge is 0.246 e. The van der Waals surface area contributed by atoms with Gasteiger partial charge in [0.25, 0.3) is 0 Å². The molecular weight excluding hydrogens is 402 g/mol. The second-order valence-electron chi connectivity index (χ2n) is 6.87. The Balaban J connectivity index is 1.54. The molecule has 0 saturated heterocycles. The van der Waals surface area contributed by atoms with E-state index in [0.29, 0.717) is 41.8 Å². The molecule has 0 aliphatic carbocycles. The Morgan fingerprint density at radius 3 is 2.87 bits per heavy atom. The quantitative estimate of drug-likeness (QED) is 0.613. The highest BCUT2D eigenvalue weighted by atomic mass is 35.5. The Bertz CT molecular complexity index is 1100. The van der Waals surface area contributed by atoms with Crippen molar-refractivity contribution in [2.75, 3.05) is 11.9 Å². The molecular formula is C22H20ClN5O2. The van der Waals surface area contributed by atoms with E-state index in [1.807, 2.05) is 25.1 Å². The van der Waals surface area contributed by atoms with Crippen LogP contribution in [0.2, 0.25) is 5.02 Å². The van der Waals surface area contributed by atoms with Gasteiger partial charge in [0, 0.05) is 29.9 Å². The molecule has 8 heteroatoms. The highest BCUT2D eigenvalue weighted by molar-refractivity contribution is 6.32. The molecule has 7 nitrogen and oxygen atoms in total. The van der Waals surface area contributed by atoms with Gasteiger partial charge in [-0.3, -0.25) is 9.78 Å². The van der Waals surface area contributed by atoms with Gasteiger partial charge in [0.1, 0.15) is 23.6 Å². The number of nitrogens with one attached hydrogen (secondary N) is 1. The summed E-state index contributed by atoms with van der Waals surface area (Å²) in [6.45, 7) is 6.52. The fourth-order valence-corrected chi connectivity index (χ4v) is 3.42. The number of rotatable bonds is 5. The van der Waals surface area contributed by atoms with Crippen molar-refractivity contribution < 1.29 is 9.53 Å². The van der Waals surface area contributed by atoms with E-state index in [0.717, 1.165) is 22.6 Å². The van der Waals surface area contributed by atoms with Crippen molar-refractivity contribution in [3.63, 3.8) is 0 Å². The lowest BCUT2D eigenvalue weighted by molar-refractivity contribution is -0.126. The Labute approximate surface area is 179 Å². The average Bonchev–Trinajstić information content (AvgIpc) is 2.76. The highest BCUT2D eigenvalue weighted by Gasteiger charge is 2.23. The molecule has 2 aromatic heterocycles. The van der Waals surface area contributed by atoms with Crippen molar-refractivity contribution in [2.24, 2.45) is 0 Å². The van der Waals surface area contributed by atoms with Gasteiger partial charge in [-0.15, -0.1) is 0 Å². The maximum Gasteiger partial charge on any atom is 0.246 e. The molecule has 1 aliphatic rings. The first kappa shape index (κ1) is 19.8. The second kappa shape index (κ2) is 8.51. The zero-order valence-corrected chi connectivity index (χ0v) is 17.2. The standard InChI is InChI=1S/C22H20ClN5O2/c1-3-21(29)28-9-8-19-17(12-28)22(26-13-25-19)27-15-5-7-20(18(23)10-15)30-16-6-4-14(2)24-11-16/h3-7,10-11,13H,1,8-9,12H2,2H3,(H,25,26,27). The second-order valence-corrected chi connectivity index (χ2v) is 7.28. The number of hydrogen-bond donors (Lipinski definition) is 1. The van der Waals surface area contributed by atoms with Gasteiger partial charge in [0.2, 0.25) is 5.91 Å². The first-order valence-corrected chi connectivity index (χ1v) is 9.82. The lowest BCUT2D eigenvalue weighted by atomic mass is 10.1. The van der Waals surface area contributed by atoms with Gasteiger partial charge >= 0.3 is 0 Å². The summed E-state index contributed by atoms with van der Waals surface area (Å²) in [4.78, 5) is 26.7. The van der Waals surface area contributed by atoms with E-state index >= 15 is 0 Å². The van der Waals surface area contributed by atoms with Crippen LogP contribution < -0.4 is 10.1 Å². The third-order valence-corrected chi connectivity index (χ3v) is 5.09. The summed E-state index contributed by atoms with van der Waals surface area (Å²) in [6.07, 6.45) is 5.17. The first-order chi connectivity index (χ1) is 14.5. The van der Waals surface area contributed by atoms with E-state index in [-0.39, 0.29) is 5.91 Å². The summed E-state index contributed by atoms with van der Waals surface area (Å²) in [5.74, 6) is 1.68. The molecule has 0 spiro atoms. The van der Waals surface area contributed by atoms with E-state index in [1.165, 1.54) is 12.4 Å². The molecule has 1 N–H and O–H groups in total. The van der Waals surface area contributed by atoms with Crippen molar-refractivity contribution in [1.82, 2.24) is 19.9 Å². The van der Waals surface area contributed by atoms with Crippen LogP contribution >= 0.6 is 11.6 Å². The van der Waals surface area contributed by atoms with Crippen molar-refractivity contribution in [1.29, 1.82) is 0 Å². The van der Waals surface area contributed by atoms with Gasteiger partial charge in [-0.25, -0.2) is 9.97 Å². The molecule has 1 amide bonds. The fraction of sp³-hybridized carbons (Fsp3) is 0.182. The van der Waals surface area contributed by atoms with E-state index in [9.17, 15) is 4.79 Å². The van der Waals surface area contributed by atoms with Gasteiger partial charge in [-0.2, -0.15) is 0 Å². The number of anilines is 2. The number of ether oxygens (including phenoxy) is 1. The Morgan fingerprint density at radius 2 is 2.13 bits per heavy atom. The fourth-order valence-electron chi connectivity index (χ4n) is 3.21. The van der Waals surface area contributed by atoms with Crippen LogP contribution in [0.5, 0.6) is 11.5 Å². The number of nitrogens with zero attached hydrogens (tertiary/aromatic N) is 4. The minimum absolute atomic E-state index is 0.106. The summed E-state index contributed by atoms with van der Waals surface area (Å²) >= 11 is 6.42. The van der Waals surface area contributed by atoms with Gasteiger partial charge in [-0.05, 0) is 43.3 Å². The van der Waals surface area contributed by atoms with Crippen LogP contribution in [0.1, 0.15) is 17.0 Å². The molecule has 152 valence electrons. The number of carbonyl (C=O) groups is 1. The van der Waals surface area contributed by atoms with E-state index in [2.05, 4.69) is 26.8 Å². The number of aromatic nitrogens is 3. The molecule has 0 saturated carbocycles. The Kier molecular flexibility index (Phi) is 5.63. The maximum atomic E-state index is 12.0. The van der Waals surface area contributed by atoms with Crippen molar-refractivity contribution in [3.05, 3.63) is 77.5 Å². The number of benzene rings is 1. The van der Waals surface area contributed by atoms with Gasteiger partial charge in [0.15, 0.2) is 0 Å². The molecule has 0 atom stereocenters. The molecule has 4 rings (SSSR count). The summed E-state index contributed by atoms with van der Waals surface area (Å²) in [6, 6.07) is 9.12. The minimum Gasteiger partial charge on any atom is -0.454 e. The van der Waals surface area contributed by atoms with E-state index < -0.39 is 0 Å². The Morgan fingerprint density at radius 1 is 1.27 bits per heavy atom. The van der Waals surface area contributed by atoms with Crippen molar-refractivity contribution in [2.45, 2.75) is 19.9 Å². The lowest BCUT2D eigenvalue weighted by Gasteiger charge is -2.28. The van der Waals surface area contributed by atoms with E-state index in [1.54, 1.807) is 23.2 Å². The van der Waals surface area contributed by atoms with E-state index in [4.69, 9.17) is 16.3 Å². The molecule has 0 bridgehead atoms. The Hall–Kier alpha value is -3.45. The highest BCUT2D eigenvalue weighted by Crippen LogP contribution is 2.33. The zero-order chi connectivity index (χ0) is 21.1. The number of carbonyl (C=O) groups excluding carboxylic acids is 1. The predicted octanol–water partition coefficient (Wildman–Crippen LogP) is 4.44. The molecule has 3 aromatic rings. The normalized spacial score (nSPS) is 12.8. The zero-order valence-electron chi connectivity index (χ0n) is 16.4. The summed E-state index contributed by atoms with van der Waals surface area (Å²) < 4.78 is 5.81. The third kappa shape index (κ3) is 4.26. The van der Waals surface area contributed by atoms with Gasteiger partial charge in [0.05, 0.1) is 23.5 Å². The van der Waals surface area contributed by atoms with Crippen LogP contribution in [0.25, 0.3) is 0 Å². The predicted molar refractivity (Wildman–Crippen MR) is 115 cm³/mol. The largest absolute Gasteiger partial charge is 0.454 e. The monoisotopic (exact) mass is 421 g/mol. The van der Waals surface area contributed by atoms with Crippen LogP contribution in [0.3, 0.4) is 0 Å². The van der Waals surface area contributed by atoms with Crippen molar-refractivity contribution in [3.8, 4) is 11.5 Å². The molecule has 1 aromatic carbocycles. The van der Waals surface area contributed by atoms with Crippen LogP contribution in [0, 0.1) is 6.92 Å². The topological polar surface area (TPSA) is 80.2 Å². The lowest BCUT2D eigenvalue weighted by Crippen LogP contribution is -2.35. The SMILES string of the molecule is C=CC(=O)N1CCc2ncnc(Nc3ccc(Oc4ccc(C)nc4)c(Cl)c3)c2C1. The molecule has 1 aliphatic heterocycles. The summed E-state index contributed by atoms with van der Waals surface area (Å²) in [5, 5.41) is 3.73. The molecule has 3 heterocycles. The molecule has 0 radical (unpaired) electrons. The number of pyridine rings is 1. The third-order valence-electron chi connectivity index (χ3n) is 4.80. The molecule has 0 unspecified atom stereocenters. The van der Waals surface area contributed by atoms with Crippen LogP contribution in [0.4, 0.5) is 11.5 Å². The van der Waals surface area contributed by atoms with Crippen LogP contribution in [-0.4, -0.2) is 32.3 Å². The summed E-state index contributed by atoms with van der Waals surface area (Å²) in [7, 11) is 0. The summed E-state index contributed by atoms with van der Waals surface area (Å²) in [5.41, 5.74) is 3.48. The molecule has 30 heavy (non-hydrogen) atoms. The molecule has 0 fully saturated rings. The average molecular weight is 422 g/mol. The number of amides is 1.